The van der Waals surface area contributed by atoms with Crippen LogP contribution >= 0.6 is 0 Å². The molecule has 1 fully saturated rings. The summed E-state index contributed by atoms with van der Waals surface area (Å²) in [5.41, 5.74) is 1.60. The first-order chi connectivity index (χ1) is 11.1. The maximum atomic E-state index is 12.5. The van der Waals surface area contributed by atoms with Crippen molar-refractivity contribution >= 4 is 16.9 Å². The largest absolute Gasteiger partial charge is 0.352 e. The summed E-state index contributed by atoms with van der Waals surface area (Å²) in [4.78, 5) is 24.9. The number of nitrogens with zero attached hydrogens (tertiary/aromatic N) is 2. The smallest absolute Gasteiger partial charge is 0.329 e. The summed E-state index contributed by atoms with van der Waals surface area (Å²) in [5, 5.41) is 3.11. The second-order valence-electron chi connectivity index (χ2n) is 6.64. The summed E-state index contributed by atoms with van der Waals surface area (Å²) in [7, 11) is 0. The topological polar surface area (TPSA) is 56.0 Å². The van der Waals surface area contributed by atoms with Gasteiger partial charge in [0.25, 0.3) is 0 Å². The minimum atomic E-state index is -0.110. The van der Waals surface area contributed by atoms with Crippen LogP contribution in [0.15, 0.2) is 29.1 Å². The lowest BCUT2D eigenvalue weighted by molar-refractivity contribution is -0.122. The maximum Gasteiger partial charge on any atom is 0.329 e. The molecule has 2 atom stereocenters. The van der Waals surface area contributed by atoms with E-state index >= 15 is 0 Å². The second kappa shape index (κ2) is 6.60. The van der Waals surface area contributed by atoms with Crippen molar-refractivity contribution < 1.29 is 4.79 Å². The highest BCUT2D eigenvalue weighted by Gasteiger charge is 2.21. The number of benzene rings is 1. The van der Waals surface area contributed by atoms with Gasteiger partial charge in [-0.3, -0.25) is 13.9 Å². The average Bonchev–Trinajstić information content (AvgIpc) is 2.79. The molecule has 0 spiro atoms. The molecule has 5 heteroatoms. The molecule has 23 heavy (non-hydrogen) atoms. The molecule has 0 aliphatic heterocycles. The van der Waals surface area contributed by atoms with Crippen molar-refractivity contribution in [3.63, 3.8) is 0 Å². The van der Waals surface area contributed by atoms with Gasteiger partial charge < -0.3 is 5.32 Å². The molecule has 0 unspecified atom stereocenters. The first-order valence-electron chi connectivity index (χ1n) is 8.57. The van der Waals surface area contributed by atoms with E-state index in [1.807, 2.05) is 31.2 Å². The molecule has 124 valence electrons. The molecule has 5 nitrogen and oxygen atoms in total. The van der Waals surface area contributed by atoms with E-state index in [2.05, 4.69) is 12.2 Å². The number of hydrogen-bond acceptors (Lipinski definition) is 2. The third-order valence-electron chi connectivity index (χ3n) is 4.84. The summed E-state index contributed by atoms with van der Waals surface area (Å²) in [6, 6.07) is 7.90. The van der Waals surface area contributed by atoms with Crippen LogP contribution in [-0.2, 0) is 17.9 Å². The van der Waals surface area contributed by atoms with Crippen LogP contribution in [0.25, 0.3) is 11.0 Å². The zero-order valence-corrected chi connectivity index (χ0v) is 13.9. The molecule has 1 saturated carbocycles. The average molecular weight is 315 g/mol. The molecule has 0 radical (unpaired) electrons. The van der Waals surface area contributed by atoms with Gasteiger partial charge in [-0.2, -0.15) is 0 Å². The van der Waals surface area contributed by atoms with Gasteiger partial charge >= 0.3 is 5.69 Å². The molecule has 1 aromatic heterocycles. The molecule has 1 amide bonds. The van der Waals surface area contributed by atoms with Gasteiger partial charge in [0.1, 0.15) is 6.54 Å². The molecule has 1 N–H and O–H groups in total. The normalized spacial score (nSPS) is 21.5. The van der Waals surface area contributed by atoms with Crippen LogP contribution in [0.3, 0.4) is 0 Å². The minimum Gasteiger partial charge on any atom is -0.352 e. The van der Waals surface area contributed by atoms with Crippen molar-refractivity contribution in [2.24, 2.45) is 5.92 Å². The Hall–Kier alpha value is -2.04. The molecule has 1 aromatic carbocycles. The van der Waals surface area contributed by atoms with Gasteiger partial charge in [0.2, 0.25) is 5.91 Å². The third-order valence-corrected chi connectivity index (χ3v) is 4.84. The number of nitrogens with one attached hydrogen (secondary N) is 1. The molecule has 0 saturated heterocycles. The summed E-state index contributed by atoms with van der Waals surface area (Å²) >= 11 is 0. The van der Waals surface area contributed by atoms with Crippen molar-refractivity contribution in [3.05, 3.63) is 34.7 Å². The van der Waals surface area contributed by atoms with E-state index < -0.39 is 0 Å². The predicted molar refractivity (Wildman–Crippen MR) is 91.4 cm³/mol. The van der Waals surface area contributed by atoms with E-state index in [4.69, 9.17) is 0 Å². The lowest BCUT2D eigenvalue weighted by atomic mass is 9.87. The zero-order valence-electron chi connectivity index (χ0n) is 13.9. The van der Waals surface area contributed by atoms with Crippen LogP contribution < -0.4 is 11.0 Å². The van der Waals surface area contributed by atoms with Gasteiger partial charge in [-0.25, -0.2) is 4.79 Å². The Morgan fingerprint density at radius 3 is 2.57 bits per heavy atom. The quantitative estimate of drug-likeness (QED) is 0.942. The summed E-state index contributed by atoms with van der Waals surface area (Å²) in [6.45, 7) is 4.88. The van der Waals surface area contributed by atoms with Crippen molar-refractivity contribution in [2.75, 3.05) is 0 Å². The number of carbonyl (C=O) groups excluding carboxylic acids is 1. The van der Waals surface area contributed by atoms with Gasteiger partial charge in [-0.1, -0.05) is 31.9 Å². The number of carbonyl (C=O) groups is 1. The van der Waals surface area contributed by atoms with Crippen LogP contribution in [-0.4, -0.2) is 21.1 Å². The summed E-state index contributed by atoms with van der Waals surface area (Å²) in [6.07, 6.45) is 4.50. The number of amides is 1. The SMILES string of the molecule is CCn1c(=O)n(CC(=O)N[C@H]2CCC[C@@H](C)C2)c2ccccc21. The number of rotatable bonds is 4. The lowest BCUT2D eigenvalue weighted by Crippen LogP contribution is -2.41. The minimum absolute atomic E-state index is 0.0646. The zero-order chi connectivity index (χ0) is 16.4. The number of aromatic nitrogens is 2. The summed E-state index contributed by atoms with van der Waals surface area (Å²) in [5.74, 6) is 0.601. The Kier molecular flexibility index (Phi) is 4.55. The molecule has 1 aliphatic carbocycles. The Labute approximate surface area is 136 Å². The van der Waals surface area contributed by atoms with Crippen LogP contribution in [0.4, 0.5) is 0 Å². The number of imidazole rings is 1. The Morgan fingerprint density at radius 1 is 1.22 bits per heavy atom. The number of aryl methyl sites for hydroxylation is 1. The van der Waals surface area contributed by atoms with Crippen LogP contribution in [0.2, 0.25) is 0 Å². The fourth-order valence-electron chi connectivity index (χ4n) is 3.71. The molecular formula is C18H25N3O2. The first-order valence-corrected chi connectivity index (χ1v) is 8.57. The number of hydrogen-bond donors (Lipinski definition) is 1. The monoisotopic (exact) mass is 315 g/mol. The van der Waals surface area contributed by atoms with Crippen molar-refractivity contribution in [1.29, 1.82) is 0 Å². The predicted octanol–water partition coefficient (Wildman–Crippen LogP) is 2.52. The van der Waals surface area contributed by atoms with E-state index in [1.54, 1.807) is 9.13 Å². The molecule has 1 aliphatic rings. The van der Waals surface area contributed by atoms with Gasteiger partial charge in [-0.05, 0) is 37.8 Å². The van der Waals surface area contributed by atoms with Gasteiger partial charge in [0.15, 0.2) is 0 Å². The first kappa shape index (κ1) is 15.8. The van der Waals surface area contributed by atoms with Crippen LogP contribution in [0.5, 0.6) is 0 Å². The van der Waals surface area contributed by atoms with E-state index in [1.165, 1.54) is 12.8 Å². The number of fused-ring (bicyclic) bond motifs is 1. The highest BCUT2D eigenvalue weighted by atomic mass is 16.2. The maximum absolute atomic E-state index is 12.5. The van der Waals surface area contributed by atoms with E-state index in [9.17, 15) is 9.59 Å². The van der Waals surface area contributed by atoms with Crippen LogP contribution in [0, 0.1) is 5.92 Å². The highest BCUT2D eigenvalue weighted by molar-refractivity contribution is 5.81. The summed E-state index contributed by atoms with van der Waals surface area (Å²) < 4.78 is 3.30. The molecule has 3 rings (SSSR count). The standard InChI is InChI=1S/C18H25N3O2/c1-3-20-15-9-4-5-10-16(15)21(18(20)23)12-17(22)19-14-8-6-7-13(2)11-14/h4-5,9-10,13-14H,3,6-8,11-12H2,1-2H3,(H,19,22)/t13-,14+/m1/s1. The Morgan fingerprint density at radius 2 is 1.91 bits per heavy atom. The Bertz CT molecular complexity index is 759. The lowest BCUT2D eigenvalue weighted by Gasteiger charge is -2.27. The van der Waals surface area contributed by atoms with E-state index in [0.29, 0.717) is 12.5 Å². The van der Waals surface area contributed by atoms with E-state index in [-0.39, 0.29) is 24.2 Å². The highest BCUT2D eigenvalue weighted by Crippen LogP contribution is 2.23. The second-order valence-corrected chi connectivity index (χ2v) is 6.64. The van der Waals surface area contributed by atoms with Crippen molar-refractivity contribution in [3.8, 4) is 0 Å². The van der Waals surface area contributed by atoms with Gasteiger partial charge in [0, 0.05) is 12.6 Å². The van der Waals surface area contributed by atoms with Crippen molar-refractivity contribution in [1.82, 2.24) is 14.5 Å². The molecule has 1 heterocycles. The van der Waals surface area contributed by atoms with Gasteiger partial charge in [0.05, 0.1) is 11.0 Å². The van der Waals surface area contributed by atoms with Crippen LogP contribution in [0.1, 0.15) is 39.5 Å². The van der Waals surface area contributed by atoms with E-state index in [0.717, 1.165) is 23.9 Å². The number of para-hydroxylation sites is 2. The third kappa shape index (κ3) is 3.19. The van der Waals surface area contributed by atoms with Crippen molar-refractivity contribution in [2.45, 2.75) is 58.7 Å². The molecule has 2 aromatic rings. The molecule has 0 bridgehead atoms. The fraction of sp³-hybridized carbons (Fsp3) is 0.556. The Balaban J connectivity index is 1.80. The fourth-order valence-corrected chi connectivity index (χ4v) is 3.71. The molecular weight excluding hydrogens is 290 g/mol. The van der Waals surface area contributed by atoms with Gasteiger partial charge in [-0.15, -0.1) is 0 Å².